The number of imidazole rings is 1. The van der Waals surface area contributed by atoms with Crippen LogP contribution in [-0.2, 0) is 13.1 Å². The zero-order chi connectivity index (χ0) is 13.8. The molecule has 0 bridgehead atoms. The van der Waals surface area contributed by atoms with Gasteiger partial charge in [-0.25, -0.2) is 4.98 Å². The Bertz CT molecular complexity index is 521. The van der Waals surface area contributed by atoms with E-state index in [1.165, 1.54) is 19.3 Å². The zero-order valence-electron chi connectivity index (χ0n) is 11.5. The van der Waals surface area contributed by atoms with Crippen LogP contribution >= 0.6 is 0 Å². The molecule has 0 saturated heterocycles. The molecule has 20 heavy (non-hydrogen) atoms. The summed E-state index contributed by atoms with van der Waals surface area (Å²) >= 11 is 0. The molecular formula is C14H21N5O. The van der Waals surface area contributed by atoms with E-state index in [2.05, 4.69) is 20.0 Å². The maximum Gasteiger partial charge on any atom is 0.0949 e. The Balaban J connectivity index is 1.57. The van der Waals surface area contributed by atoms with Crippen molar-refractivity contribution in [1.29, 1.82) is 0 Å². The molecule has 2 N–H and O–H groups in total. The Kier molecular flexibility index (Phi) is 4.13. The third-order valence-electron chi connectivity index (χ3n) is 3.97. The Morgan fingerprint density at radius 1 is 1.40 bits per heavy atom. The van der Waals surface area contributed by atoms with Crippen molar-refractivity contribution in [2.75, 3.05) is 6.61 Å². The van der Waals surface area contributed by atoms with E-state index in [0.717, 1.165) is 12.1 Å². The largest absolute Gasteiger partial charge is 0.394 e. The fraction of sp³-hybridized carbons (Fsp3) is 0.571. The van der Waals surface area contributed by atoms with Gasteiger partial charge in [0.25, 0.3) is 0 Å². The smallest absolute Gasteiger partial charge is 0.0949 e. The van der Waals surface area contributed by atoms with Crippen LogP contribution in [0.25, 0.3) is 0 Å². The number of aromatic nitrogens is 4. The van der Waals surface area contributed by atoms with E-state index in [1.807, 2.05) is 31.1 Å². The van der Waals surface area contributed by atoms with E-state index < -0.39 is 0 Å². The van der Waals surface area contributed by atoms with Crippen molar-refractivity contribution >= 4 is 0 Å². The third-order valence-corrected chi connectivity index (χ3v) is 3.97. The lowest BCUT2D eigenvalue weighted by atomic mass is 10.1. The molecule has 2 aromatic rings. The van der Waals surface area contributed by atoms with Crippen molar-refractivity contribution < 1.29 is 5.11 Å². The van der Waals surface area contributed by atoms with Gasteiger partial charge in [0.05, 0.1) is 25.7 Å². The molecule has 2 atom stereocenters. The summed E-state index contributed by atoms with van der Waals surface area (Å²) in [6.07, 6.45) is 13.3. The number of hydrogen-bond donors (Lipinski definition) is 2. The second kappa shape index (κ2) is 6.19. The highest BCUT2D eigenvalue weighted by Crippen LogP contribution is 2.30. The average Bonchev–Trinajstić information content (AvgIpc) is 3.18. The van der Waals surface area contributed by atoms with Crippen molar-refractivity contribution in [2.45, 2.75) is 44.4 Å². The van der Waals surface area contributed by atoms with Gasteiger partial charge in [-0.3, -0.25) is 4.68 Å². The maximum absolute atomic E-state index is 8.89. The second-order valence-corrected chi connectivity index (χ2v) is 5.33. The van der Waals surface area contributed by atoms with Crippen molar-refractivity contribution in [3.8, 4) is 0 Å². The number of nitrogens with one attached hydrogen (secondary N) is 1. The minimum atomic E-state index is 0.125. The van der Waals surface area contributed by atoms with Crippen molar-refractivity contribution in [2.24, 2.45) is 0 Å². The van der Waals surface area contributed by atoms with Crippen LogP contribution in [0.1, 0.15) is 30.9 Å². The zero-order valence-corrected chi connectivity index (χ0v) is 11.5. The molecule has 108 valence electrons. The summed E-state index contributed by atoms with van der Waals surface area (Å²) in [5.74, 6) is 0. The first-order chi connectivity index (χ1) is 9.86. The molecule has 1 saturated carbocycles. The molecule has 0 amide bonds. The molecule has 0 radical (unpaired) electrons. The first-order valence-electron chi connectivity index (χ1n) is 7.20. The summed E-state index contributed by atoms with van der Waals surface area (Å²) in [5.41, 5.74) is 1.16. The standard InChI is InChI=1S/C14H21N5O/c20-7-6-19-10-12(9-17-19)8-16-13-2-1-3-14(13)18-5-4-15-11-18/h4-5,9-11,13-14,16,20H,1-3,6-8H2. The van der Waals surface area contributed by atoms with E-state index in [4.69, 9.17) is 5.11 Å². The summed E-state index contributed by atoms with van der Waals surface area (Å²) < 4.78 is 3.98. The molecule has 0 aromatic carbocycles. The molecule has 3 rings (SSSR count). The Labute approximate surface area is 118 Å². The number of hydrogen-bond acceptors (Lipinski definition) is 4. The van der Waals surface area contributed by atoms with Crippen LogP contribution in [0.3, 0.4) is 0 Å². The number of aliphatic hydroxyl groups excluding tert-OH is 1. The molecule has 0 aliphatic heterocycles. The van der Waals surface area contributed by atoms with Crippen LogP contribution in [0.4, 0.5) is 0 Å². The van der Waals surface area contributed by atoms with Gasteiger partial charge in [0.1, 0.15) is 0 Å². The van der Waals surface area contributed by atoms with Gasteiger partial charge in [0.15, 0.2) is 0 Å². The lowest BCUT2D eigenvalue weighted by Crippen LogP contribution is -2.33. The Hall–Kier alpha value is -1.66. The Morgan fingerprint density at radius 2 is 2.35 bits per heavy atom. The topological polar surface area (TPSA) is 67.9 Å². The molecule has 1 aliphatic rings. The predicted octanol–water partition coefficient (Wildman–Crippen LogP) is 0.955. The van der Waals surface area contributed by atoms with E-state index in [0.29, 0.717) is 18.6 Å². The minimum absolute atomic E-state index is 0.125. The van der Waals surface area contributed by atoms with Crippen LogP contribution in [0.5, 0.6) is 0 Å². The molecule has 1 fully saturated rings. The van der Waals surface area contributed by atoms with Crippen LogP contribution < -0.4 is 5.32 Å². The fourth-order valence-corrected chi connectivity index (χ4v) is 2.97. The van der Waals surface area contributed by atoms with Crippen molar-refractivity contribution in [3.63, 3.8) is 0 Å². The molecule has 2 heterocycles. The molecule has 0 spiro atoms. The Morgan fingerprint density at radius 3 is 3.15 bits per heavy atom. The molecule has 2 unspecified atom stereocenters. The van der Waals surface area contributed by atoms with Crippen LogP contribution in [0, 0.1) is 0 Å². The highest BCUT2D eigenvalue weighted by Gasteiger charge is 2.27. The van der Waals surface area contributed by atoms with Gasteiger partial charge >= 0.3 is 0 Å². The van der Waals surface area contributed by atoms with Crippen LogP contribution in [-0.4, -0.2) is 37.1 Å². The first kappa shape index (κ1) is 13.3. The molecule has 6 heteroatoms. The van der Waals surface area contributed by atoms with Crippen LogP contribution in [0.2, 0.25) is 0 Å². The van der Waals surface area contributed by atoms with Gasteiger partial charge in [0, 0.05) is 42.8 Å². The quantitative estimate of drug-likeness (QED) is 0.824. The fourth-order valence-electron chi connectivity index (χ4n) is 2.97. The lowest BCUT2D eigenvalue weighted by Gasteiger charge is -2.21. The van der Waals surface area contributed by atoms with E-state index in [1.54, 1.807) is 4.68 Å². The number of aliphatic hydroxyl groups is 1. The van der Waals surface area contributed by atoms with Gasteiger partial charge in [-0.05, 0) is 19.3 Å². The van der Waals surface area contributed by atoms with Gasteiger partial charge in [-0.1, -0.05) is 0 Å². The highest BCUT2D eigenvalue weighted by molar-refractivity contribution is 5.04. The van der Waals surface area contributed by atoms with E-state index >= 15 is 0 Å². The van der Waals surface area contributed by atoms with Gasteiger partial charge in [-0.2, -0.15) is 5.10 Å². The highest BCUT2D eigenvalue weighted by atomic mass is 16.3. The van der Waals surface area contributed by atoms with Gasteiger partial charge in [-0.15, -0.1) is 0 Å². The normalized spacial score (nSPS) is 22.4. The summed E-state index contributed by atoms with van der Waals surface area (Å²) in [7, 11) is 0. The van der Waals surface area contributed by atoms with Crippen molar-refractivity contribution in [3.05, 3.63) is 36.7 Å². The SMILES string of the molecule is OCCn1cc(CNC2CCCC2n2ccnc2)cn1. The second-order valence-electron chi connectivity index (χ2n) is 5.33. The molecule has 1 aliphatic carbocycles. The van der Waals surface area contributed by atoms with Crippen molar-refractivity contribution in [1.82, 2.24) is 24.6 Å². The summed E-state index contributed by atoms with van der Waals surface area (Å²) in [4.78, 5) is 4.14. The third kappa shape index (κ3) is 2.91. The number of rotatable bonds is 6. The maximum atomic E-state index is 8.89. The molecule has 6 nitrogen and oxygen atoms in total. The molecule has 2 aromatic heterocycles. The predicted molar refractivity (Wildman–Crippen MR) is 75.1 cm³/mol. The monoisotopic (exact) mass is 275 g/mol. The van der Waals surface area contributed by atoms with Gasteiger partial charge < -0.3 is 15.0 Å². The summed E-state index contributed by atoms with van der Waals surface area (Å²) in [5, 5.41) is 16.7. The number of nitrogens with zero attached hydrogens (tertiary/aromatic N) is 4. The van der Waals surface area contributed by atoms with E-state index in [-0.39, 0.29) is 6.61 Å². The first-order valence-corrected chi connectivity index (χ1v) is 7.20. The van der Waals surface area contributed by atoms with E-state index in [9.17, 15) is 0 Å². The molecular weight excluding hydrogens is 254 g/mol. The average molecular weight is 275 g/mol. The van der Waals surface area contributed by atoms with Gasteiger partial charge in [0.2, 0.25) is 0 Å². The summed E-state index contributed by atoms with van der Waals surface area (Å²) in [6, 6.07) is 0.996. The summed E-state index contributed by atoms with van der Waals surface area (Å²) in [6.45, 7) is 1.50. The van der Waals surface area contributed by atoms with Crippen LogP contribution in [0.15, 0.2) is 31.1 Å². The lowest BCUT2D eigenvalue weighted by molar-refractivity contribution is 0.269. The minimum Gasteiger partial charge on any atom is -0.394 e.